The van der Waals surface area contributed by atoms with Crippen LogP contribution in [-0.4, -0.2) is 11.6 Å². The number of benzene rings is 1. The number of ether oxygens (including phenoxy) is 1. The number of thiazole rings is 1. The number of nitrogens with zero attached hydrogens (tertiary/aromatic N) is 1. The molecule has 0 fully saturated rings. The summed E-state index contributed by atoms with van der Waals surface area (Å²) >= 11 is 1.59. The zero-order valence-corrected chi connectivity index (χ0v) is 9.54. The van der Waals surface area contributed by atoms with Crippen molar-refractivity contribution in [3.05, 3.63) is 45.9 Å². The third kappa shape index (κ3) is 1.60. The van der Waals surface area contributed by atoms with E-state index in [1.165, 1.54) is 5.56 Å². The second-order valence-corrected chi connectivity index (χ2v) is 4.77. The van der Waals surface area contributed by atoms with Crippen LogP contribution in [0.15, 0.2) is 29.9 Å². The van der Waals surface area contributed by atoms with Crippen LogP contribution >= 0.6 is 11.3 Å². The topological polar surface area (TPSA) is 48.1 Å². The normalized spacial score (nSPS) is 15.6. The smallest absolute Gasteiger partial charge is 0.122 e. The lowest BCUT2D eigenvalue weighted by Gasteiger charge is -2.10. The van der Waals surface area contributed by atoms with Crippen LogP contribution < -0.4 is 10.5 Å². The van der Waals surface area contributed by atoms with Crippen molar-refractivity contribution >= 4 is 11.3 Å². The van der Waals surface area contributed by atoms with Gasteiger partial charge < -0.3 is 10.5 Å². The highest BCUT2D eigenvalue weighted by Crippen LogP contribution is 2.30. The van der Waals surface area contributed by atoms with E-state index in [0.717, 1.165) is 29.2 Å². The molecule has 4 heteroatoms. The zero-order valence-electron chi connectivity index (χ0n) is 8.72. The van der Waals surface area contributed by atoms with Gasteiger partial charge in [-0.15, -0.1) is 11.3 Å². The summed E-state index contributed by atoms with van der Waals surface area (Å²) in [6, 6.07) is 6.12. The number of aromatic nitrogens is 1. The molecule has 1 unspecified atom stereocenters. The van der Waals surface area contributed by atoms with E-state index in [9.17, 15) is 0 Å². The summed E-state index contributed by atoms with van der Waals surface area (Å²) in [5.74, 6) is 1.00. The van der Waals surface area contributed by atoms with Crippen molar-refractivity contribution < 1.29 is 4.74 Å². The first-order valence-electron chi connectivity index (χ1n) is 5.24. The second-order valence-electron chi connectivity index (χ2n) is 3.85. The molecule has 16 heavy (non-hydrogen) atoms. The van der Waals surface area contributed by atoms with Crippen LogP contribution in [0.1, 0.15) is 22.0 Å². The standard InChI is InChI=1S/C12H12N2OS/c13-12(11-6-14-7-16-11)9-1-2-10-8(5-9)3-4-15-10/h1-2,5-7,12H,3-4,13H2. The number of rotatable bonds is 2. The maximum absolute atomic E-state index is 6.18. The lowest BCUT2D eigenvalue weighted by molar-refractivity contribution is 0.357. The molecule has 1 aromatic carbocycles. The van der Waals surface area contributed by atoms with E-state index in [4.69, 9.17) is 10.5 Å². The number of hydrogen-bond acceptors (Lipinski definition) is 4. The van der Waals surface area contributed by atoms with E-state index in [2.05, 4.69) is 11.1 Å². The van der Waals surface area contributed by atoms with Crippen LogP contribution in [-0.2, 0) is 6.42 Å². The Morgan fingerprint density at radius 3 is 3.19 bits per heavy atom. The zero-order chi connectivity index (χ0) is 11.0. The van der Waals surface area contributed by atoms with Crippen LogP contribution in [0.25, 0.3) is 0 Å². The summed E-state index contributed by atoms with van der Waals surface area (Å²) in [6.07, 6.45) is 2.82. The molecule has 2 aromatic rings. The van der Waals surface area contributed by atoms with Gasteiger partial charge in [0.15, 0.2) is 0 Å². The Hall–Kier alpha value is -1.39. The Bertz CT molecular complexity index is 496. The van der Waals surface area contributed by atoms with Crippen LogP contribution in [0.2, 0.25) is 0 Å². The average molecular weight is 232 g/mol. The predicted octanol–water partition coefficient (Wildman–Crippen LogP) is 2.13. The van der Waals surface area contributed by atoms with Crippen LogP contribution in [0.3, 0.4) is 0 Å². The average Bonchev–Trinajstić information content (AvgIpc) is 2.98. The maximum atomic E-state index is 6.18. The van der Waals surface area contributed by atoms with E-state index >= 15 is 0 Å². The minimum absolute atomic E-state index is 0.0709. The molecule has 3 nitrogen and oxygen atoms in total. The second kappa shape index (κ2) is 3.88. The molecule has 0 aliphatic carbocycles. The molecule has 0 saturated carbocycles. The van der Waals surface area contributed by atoms with Gasteiger partial charge in [0.1, 0.15) is 5.75 Å². The fourth-order valence-corrected chi connectivity index (χ4v) is 2.59. The Labute approximate surface area is 97.9 Å². The minimum Gasteiger partial charge on any atom is -0.493 e. The molecule has 0 bridgehead atoms. The molecule has 1 atom stereocenters. The summed E-state index contributed by atoms with van der Waals surface area (Å²) in [4.78, 5) is 5.15. The van der Waals surface area contributed by atoms with Crippen LogP contribution in [0, 0.1) is 0 Å². The largest absolute Gasteiger partial charge is 0.493 e. The van der Waals surface area contributed by atoms with E-state index in [1.807, 2.05) is 23.8 Å². The third-order valence-electron chi connectivity index (χ3n) is 2.83. The van der Waals surface area contributed by atoms with Crippen molar-refractivity contribution in [3.8, 4) is 5.75 Å². The summed E-state index contributed by atoms with van der Waals surface area (Å²) in [5, 5.41) is 0. The van der Waals surface area contributed by atoms with Gasteiger partial charge in [0, 0.05) is 17.5 Å². The quantitative estimate of drug-likeness (QED) is 0.862. The highest BCUT2D eigenvalue weighted by Gasteiger charge is 2.16. The summed E-state index contributed by atoms with van der Waals surface area (Å²) in [6.45, 7) is 0.786. The molecule has 1 aromatic heterocycles. The van der Waals surface area contributed by atoms with Crippen LogP contribution in [0.5, 0.6) is 5.75 Å². The summed E-state index contributed by atoms with van der Waals surface area (Å²) < 4.78 is 5.47. The molecule has 1 aliphatic heterocycles. The third-order valence-corrected chi connectivity index (χ3v) is 3.69. The van der Waals surface area contributed by atoms with Crippen molar-refractivity contribution in [1.29, 1.82) is 0 Å². The predicted molar refractivity (Wildman–Crippen MR) is 63.8 cm³/mol. The van der Waals surface area contributed by atoms with Gasteiger partial charge in [-0.25, -0.2) is 0 Å². The van der Waals surface area contributed by atoms with Crippen molar-refractivity contribution in [2.24, 2.45) is 5.73 Å². The Morgan fingerprint density at radius 1 is 1.44 bits per heavy atom. The number of nitrogens with two attached hydrogens (primary N) is 1. The van der Waals surface area contributed by atoms with E-state index in [-0.39, 0.29) is 6.04 Å². The Balaban J connectivity index is 1.95. The van der Waals surface area contributed by atoms with Gasteiger partial charge in [0.25, 0.3) is 0 Å². The highest BCUT2D eigenvalue weighted by atomic mass is 32.1. The van der Waals surface area contributed by atoms with Gasteiger partial charge in [-0.1, -0.05) is 12.1 Å². The van der Waals surface area contributed by atoms with Crippen molar-refractivity contribution in [2.75, 3.05) is 6.61 Å². The molecule has 2 heterocycles. The first-order chi connectivity index (χ1) is 7.84. The van der Waals surface area contributed by atoms with Gasteiger partial charge in [0.2, 0.25) is 0 Å². The molecule has 2 N–H and O–H groups in total. The lowest BCUT2D eigenvalue weighted by Crippen LogP contribution is -2.10. The molecule has 0 saturated heterocycles. The van der Waals surface area contributed by atoms with Crippen molar-refractivity contribution in [3.63, 3.8) is 0 Å². The van der Waals surface area contributed by atoms with Crippen LogP contribution in [0.4, 0.5) is 0 Å². The van der Waals surface area contributed by atoms with Gasteiger partial charge >= 0.3 is 0 Å². The first-order valence-corrected chi connectivity index (χ1v) is 6.12. The fourth-order valence-electron chi connectivity index (χ4n) is 1.94. The summed E-state index contributed by atoms with van der Waals surface area (Å²) in [5.41, 5.74) is 10.4. The van der Waals surface area contributed by atoms with Crippen molar-refractivity contribution in [1.82, 2.24) is 4.98 Å². The molecule has 1 aliphatic rings. The molecule has 0 spiro atoms. The molecule has 0 radical (unpaired) electrons. The molecule has 0 amide bonds. The summed E-state index contributed by atoms with van der Waals surface area (Å²) in [7, 11) is 0. The van der Waals surface area contributed by atoms with Crippen molar-refractivity contribution in [2.45, 2.75) is 12.5 Å². The monoisotopic (exact) mass is 232 g/mol. The maximum Gasteiger partial charge on any atom is 0.122 e. The van der Waals surface area contributed by atoms with E-state index in [1.54, 1.807) is 11.3 Å². The number of fused-ring (bicyclic) bond motifs is 1. The van der Waals surface area contributed by atoms with E-state index in [0.29, 0.717) is 0 Å². The lowest BCUT2D eigenvalue weighted by atomic mass is 10.0. The van der Waals surface area contributed by atoms with Gasteiger partial charge in [-0.05, 0) is 17.2 Å². The van der Waals surface area contributed by atoms with Gasteiger partial charge in [-0.3, -0.25) is 4.98 Å². The first kappa shape index (κ1) is 9.81. The molecular weight excluding hydrogens is 220 g/mol. The Kier molecular flexibility index (Phi) is 2.38. The van der Waals surface area contributed by atoms with Gasteiger partial charge in [-0.2, -0.15) is 0 Å². The minimum atomic E-state index is -0.0709. The number of hydrogen-bond donors (Lipinski definition) is 1. The van der Waals surface area contributed by atoms with Gasteiger partial charge in [0.05, 0.1) is 18.2 Å². The fraction of sp³-hybridized carbons (Fsp3) is 0.250. The Morgan fingerprint density at radius 2 is 2.38 bits per heavy atom. The van der Waals surface area contributed by atoms with E-state index < -0.39 is 0 Å². The molecule has 82 valence electrons. The molecule has 3 rings (SSSR count). The molecular formula is C12H12N2OS. The SMILES string of the molecule is NC(c1ccc2c(c1)CCO2)c1cncs1. The highest BCUT2D eigenvalue weighted by molar-refractivity contribution is 7.09.